The molecule has 104 valence electrons. The van der Waals surface area contributed by atoms with Crippen LogP contribution in [-0.4, -0.2) is 29.8 Å². The van der Waals surface area contributed by atoms with Gasteiger partial charge in [0.25, 0.3) is 0 Å². The molecule has 1 amide bonds. The van der Waals surface area contributed by atoms with Crippen LogP contribution in [-0.2, 0) is 11.2 Å². The molecule has 0 aromatic heterocycles. The third kappa shape index (κ3) is 3.89. The number of carbonyl (C=O) groups excluding carboxylic acids is 1. The fourth-order valence-electron chi connectivity index (χ4n) is 1.79. The molecule has 0 unspecified atom stereocenters. The normalized spacial score (nSPS) is 16.2. The van der Waals surface area contributed by atoms with Crippen LogP contribution in [0.5, 0.6) is 5.75 Å². The maximum atomic E-state index is 12.0. The van der Waals surface area contributed by atoms with Crippen molar-refractivity contribution in [1.82, 2.24) is 5.32 Å². The molecular formula is C13H15F2NO3. The van der Waals surface area contributed by atoms with Crippen LogP contribution in [0.1, 0.15) is 18.4 Å². The van der Waals surface area contributed by atoms with Gasteiger partial charge in [-0.25, -0.2) is 0 Å². The Morgan fingerprint density at radius 3 is 2.47 bits per heavy atom. The van der Waals surface area contributed by atoms with Crippen molar-refractivity contribution < 1.29 is 23.4 Å². The second kappa shape index (κ2) is 5.52. The number of ether oxygens (including phenoxy) is 1. The minimum absolute atomic E-state index is 0.0556. The number of hydrogen-bond donors (Lipinski definition) is 2. The van der Waals surface area contributed by atoms with Gasteiger partial charge >= 0.3 is 6.61 Å². The Morgan fingerprint density at radius 2 is 2.00 bits per heavy atom. The van der Waals surface area contributed by atoms with Gasteiger partial charge in [-0.3, -0.25) is 4.79 Å². The predicted octanol–water partition coefficient (Wildman–Crippen LogP) is 1.47. The van der Waals surface area contributed by atoms with E-state index in [4.69, 9.17) is 5.11 Å². The van der Waals surface area contributed by atoms with Crippen LogP contribution >= 0.6 is 0 Å². The first-order chi connectivity index (χ1) is 9.03. The van der Waals surface area contributed by atoms with E-state index in [-0.39, 0.29) is 24.7 Å². The zero-order valence-electron chi connectivity index (χ0n) is 10.2. The summed E-state index contributed by atoms with van der Waals surface area (Å²) < 4.78 is 28.1. The van der Waals surface area contributed by atoms with Crippen LogP contribution in [0.25, 0.3) is 0 Å². The zero-order chi connectivity index (χ0) is 13.9. The minimum Gasteiger partial charge on any atom is -0.435 e. The van der Waals surface area contributed by atoms with Gasteiger partial charge in [0, 0.05) is 0 Å². The summed E-state index contributed by atoms with van der Waals surface area (Å²) in [7, 11) is 0. The second-order valence-electron chi connectivity index (χ2n) is 4.69. The second-order valence-corrected chi connectivity index (χ2v) is 4.69. The van der Waals surface area contributed by atoms with Gasteiger partial charge in [0.2, 0.25) is 5.91 Å². The zero-order valence-corrected chi connectivity index (χ0v) is 10.2. The number of amides is 1. The SMILES string of the molecule is O=C(Cc1ccc(OC(F)F)cc1)NC1(CO)CC1. The van der Waals surface area contributed by atoms with Crippen LogP contribution < -0.4 is 10.1 Å². The van der Waals surface area contributed by atoms with Crippen molar-refractivity contribution in [2.24, 2.45) is 0 Å². The molecule has 2 rings (SSSR count). The number of alkyl halides is 2. The molecule has 0 spiro atoms. The number of aliphatic hydroxyl groups is 1. The molecule has 1 aromatic carbocycles. The minimum atomic E-state index is -2.85. The molecule has 19 heavy (non-hydrogen) atoms. The van der Waals surface area contributed by atoms with Crippen molar-refractivity contribution in [3.05, 3.63) is 29.8 Å². The first-order valence-corrected chi connectivity index (χ1v) is 5.99. The topological polar surface area (TPSA) is 58.6 Å². The first kappa shape index (κ1) is 13.7. The van der Waals surface area contributed by atoms with E-state index >= 15 is 0 Å². The Labute approximate surface area is 109 Å². The highest BCUT2D eigenvalue weighted by Gasteiger charge is 2.43. The molecule has 0 atom stereocenters. The number of halogens is 2. The lowest BCUT2D eigenvalue weighted by atomic mass is 10.1. The molecule has 0 heterocycles. The standard InChI is InChI=1S/C13H15F2NO3/c14-12(15)19-10-3-1-9(2-4-10)7-11(18)16-13(8-17)5-6-13/h1-4,12,17H,5-8H2,(H,16,18). The molecule has 4 nitrogen and oxygen atoms in total. The van der Waals surface area contributed by atoms with Crippen molar-refractivity contribution in [1.29, 1.82) is 0 Å². The summed E-state index contributed by atoms with van der Waals surface area (Å²) in [5.41, 5.74) is 0.267. The van der Waals surface area contributed by atoms with Crippen molar-refractivity contribution in [2.45, 2.75) is 31.4 Å². The Hall–Kier alpha value is -1.69. The Bertz CT molecular complexity index is 444. The molecule has 0 radical (unpaired) electrons. The molecule has 1 aliphatic carbocycles. The van der Waals surface area contributed by atoms with E-state index in [0.29, 0.717) is 5.56 Å². The summed E-state index contributed by atoms with van der Waals surface area (Å²) in [5.74, 6) is -0.123. The average Bonchev–Trinajstić information content (AvgIpc) is 3.11. The summed E-state index contributed by atoms with van der Waals surface area (Å²) in [4.78, 5) is 11.7. The van der Waals surface area contributed by atoms with Gasteiger partial charge in [-0.2, -0.15) is 8.78 Å². The van der Waals surface area contributed by atoms with Crippen molar-refractivity contribution in [2.75, 3.05) is 6.61 Å². The number of nitrogens with one attached hydrogen (secondary N) is 1. The fourth-order valence-corrected chi connectivity index (χ4v) is 1.79. The summed E-state index contributed by atoms with van der Waals surface area (Å²) >= 11 is 0. The number of carbonyl (C=O) groups is 1. The van der Waals surface area contributed by atoms with Crippen LogP contribution in [0.15, 0.2) is 24.3 Å². The van der Waals surface area contributed by atoms with E-state index in [1.54, 1.807) is 12.1 Å². The lowest BCUT2D eigenvalue weighted by Gasteiger charge is -2.14. The smallest absolute Gasteiger partial charge is 0.387 e. The number of hydrogen-bond acceptors (Lipinski definition) is 3. The lowest BCUT2D eigenvalue weighted by Crippen LogP contribution is -2.40. The van der Waals surface area contributed by atoms with Gasteiger partial charge in [0.1, 0.15) is 5.75 Å². The van der Waals surface area contributed by atoms with Gasteiger partial charge < -0.3 is 15.2 Å². The number of benzene rings is 1. The van der Waals surface area contributed by atoms with Crippen molar-refractivity contribution in [3.8, 4) is 5.75 Å². The summed E-state index contributed by atoms with van der Waals surface area (Å²) in [6, 6.07) is 5.92. The predicted molar refractivity (Wildman–Crippen MR) is 64.0 cm³/mol. The molecule has 0 saturated heterocycles. The van der Waals surface area contributed by atoms with Crippen molar-refractivity contribution >= 4 is 5.91 Å². The van der Waals surface area contributed by atoms with Gasteiger partial charge in [0.05, 0.1) is 18.6 Å². The highest BCUT2D eigenvalue weighted by Crippen LogP contribution is 2.34. The van der Waals surface area contributed by atoms with Crippen LogP contribution in [0, 0.1) is 0 Å². The molecule has 1 saturated carbocycles. The van der Waals surface area contributed by atoms with E-state index in [2.05, 4.69) is 10.1 Å². The molecule has 1 aliphatic rings. The lowest BCUT2D eigenvalue weighted by molar-refractivity contribution is -0.121. The quantitative estimate of drug-likeness (QED) is 0.823. The average molecular weight is 271 g/mol. The van der Waals surface area contributed by atoms with E-state index < -0.39 is 12.2 Å². The van der Waals surface area contributed by atoms with Gasteiger partial charge in [0.15, 0.2) is 0 Å². The molecule has 2 N–H and O–H groups in total. The van der Waals surface area contributed by atoms with Gasteiger partial charge in [-0.05, 0) is 30.5 Å². The van der Waals surface area contributed by atoms with Gasteiger partial charge in [-0.15, -0.1) is 0 Å². The molecular weight excluding hydrogens is 256 g/mol. The van der Waals surface area contributed by atoms with E-state index in [0.717, 1.165) is 12.8 Å². The number of aliphatic hydroxyl groups excluding tert-OH is 1. The van der Waals surface area contributed by atoms with Crippen LogP contribution in [0.4, 0.5) is 8.78 Å². The maximum absolute atomic E-state index is 12.0. The Balaban J connectivity index is 1.87. The van der Waals surface area contributed by atoms with E-state index in [1.165, 1.54) is 12.1 Å². The van der Waals surface area contributed by atoms with Crippen molar-refractivity contribution in [3.63, 3.8) is 0 Å². The van der Waals surface area contributed by atoms with Crippen LogP contribution in [0.2, 0.25) is 0 Å². The summed E-state index contributed by atoms with van der Waals surface area (Å²) in [6.45, 7) is -2.91. The highest BCUT2D eigenvalue weighted by atomic mass is 19.3. The van der Waals surface area contributed by atoms with Crippen LogP contribution in [0.3, 0.4) is 0 Å². The maximum Gasteiger partial charge on any atom is 0.387 e. The molecule has 0 bridgehead atoms. The highest BCUT2D eigenvalue weighted by molar-refractivity contribution is 5.79. The fraction of sp³-hybridized carbons (Fsp3) is 0.462. The Morgan fingerprint density at radius 1 is 1.37 bits per heavy atom. The first-order valence-electron chi connectivity index (χ1n) is 5.99. The third-order valence-corrected chi connectivity index (χ3v) is 3.07. The molecule has 0 aliphatic heterocycles. The number of rotatable bonds is 6. The summed E-state index contributed by atoms with van der Waals surface area (Å²) in [6.07, 6.45) is 1.73. The third-order valence-electron chi connectivity index (χ3n) is 3.07. The molecule has 6 heteroatoms. The summed E-state index contributed by atoms with van der Waals surface area (Å²) in [5, 5.41) is 11.9. The largest absolute Gasteiger partial charge is 0.435 e. The Kier molecular flexibility index (Phi) is 3.99. The molecule has 1 aromatic rings. The van der Waals surface area contributed by atoms with E-state index in [1.807, 2.05) is 0 Å². The molecule has 1 fully saturated rings. The van der Waals surface area contributed by atoms with Gasteiger partial charge in [-0.1, -0.05) is 12.1 Å². The van der Waals surface area contributed by atoms with E-state index in [9.17, 15) is 13.6 Å². The monoisotopic (exact) mass is 271 g/mol.